The summed E-state index contributed by atoms with van der Waals surface area (Å²) >= 11 is 0. The molecular formula is C20H20O2. The van der Waals surface area contributed by atoms with Crippen LogP contribution >= 0.6 is 0 Å². The molecule has 2 nitrogen and oxygen atoms in total. The maximum atomic E-state index is 11.8. The highest BCUT2D eigenvalue weighted by molar-refractivity contribution is 5.79. The van der Waals surface area contributed by atoms with Crippen LogP contribution in [-0.4, -0.2) is 12.6 Å². The van der Waals surface area contributed by atoms with Crippen LogP contribution < -0.4 is 0 Å². The lowest BCUT2D eigenvalue weighted by Crippen LogP contribution is -2.12. The average Bonchev–Trinajstić information content (AvgIpc) is 2.87. The first-order valence-electron chi connectivity index (χ1n) is 7.76. The summed E-state index contributed by atoms with van der Waals surface area (Å²) < 4.78 is 5.51. The zero-order valence-corrected chi connectivity index (χ0v) is 12.8. The summed E-state index contributed by atoms with van der Waals surface area (Å²) in [6, 6.07) is 16.8. The van der Waals surface area contributed by atoms with Crippen molar-refractivity contribution in [2.75, 3.05) is 6.61 Å². The van der Waals surface area contributed by atoms with Crippen molar-refractivity contribution in [2.45, 2.75) is 25.7 Å². The summed E-state index contributed by atoms with van der Waals surface area (Å²) in [7, 11) is 0. The Bertz CT molecular complexity index is 655. The highest BCUT2D eigenvalue weighted by Crippen LogP contribution is 2.44. The fourth-order valence-corrected chi connectivity index (χ4v) is 3.06. The molecule has 2 aromatic carbocycles. The van der Waals surface area contributed by atoms with Crippen LogP contribution in [0, 0.1) is 0 Å². The van der Waals surface area contributed by atoms with E-state index >= 15 is 0 Å². The van der Waals surface area contributed by atoms with E-state index in [0.29, 0.717) is 13.0 Å². The molecule has 112 valence electrons. The number of ether oxygens (including phenoxy) is 1. The number of carbonyl (C=O) groups excluding carboxylic acids is 1. The second kappa shape index (κ2) is 6.61. The van der Waals surface area contributed by atoms with Crippen molar-refractivity contribution >= 4 is 5.97 Å². The molecule has 22 heavy (non-hydrogen) atoms. The Balaban J connectivity index is 1.75. The smallest absolute Gasteiger partial charge is 0.306 e. The van der Waals surface area contributed by atoms with Gasteiger partial charge in [-0.15, -0.1) is 0 Å². The van der Waals surface area contributed by atoms with Gasteiger partial charge in [0.2, 0.25) is 0 Å². The van der Waals surface area contributed by atoms with Crippen LogP contribution in [0.15, 0.2) is 60.7 Å². The van der Waals surface area contributed by atoms with Gasteiger partial charge in [0.05, 0.1) is 0 Å². The molecule has 0 spiro atoms. The lowest BCUT2D eigenvalue weighted by molar-refractivity contribution is -0.143. The molecular weight excluding hydrogens is 272 g/mol. The predicted octanol–water partition coefficient (Wildman–Crippen LogP) is 4.70. The van der Waals surface area contributed by atoms with Gasteiger partial charge >= 0.3 is 5.97 Å². The van der Waals surface area contributed by atoms with Gasteiger partial charge in [0, 0.05) is 12.3 Å². The molecule has 0 atom stereocenters. The Hall–Kier alpha value is -2.35. The zero-order valence-electron chi connectivity index (χ0n) is 12.8. The number of carbonyl (C=O) groups is 1. The second-order valence-corrected chi connectivity index (χ2v) is 5.52. The van der Waals surface area contributed by atoms with Crippen molar-refractivity contribution in [3.05, 3.63) is 71.8 Å². The SMILES string of the molecule is C/C=C/CCC(=O)OCC1c2ccccc2-c2ccccc21. The number of esters is 1. The number of rotatable bonds is 5. The Morgan fingerprint density at radius 1 is 1.05 bits per heavy atom. The van der Waals surface area contributed by atoms with E-state index < -0.39 is 0 Å². The van der Waals surface area contributed by atoms with Crippen molar-refractivity contribution in [3.8, 4) is 11.1 Å². The standard InChI is InChI=1S/C20H20O2/c1-2-3-4-13-20(21)22-14-19-17-11-7-5-9-15(17)16-10-6-8-12-18(16)19/h2-3,5-12,19H,4,13-14H2,1H3/b3-2+. The molecule has 0 heterocycles. The molecule has 1 aliphatic carbocycles. The van der Waals surface area contributed by atoms with Crippen LogP contribution in [-0.2, 0) is 9.53 Å². The van der Waals surface area contributed by atoms with E-state index in [1.54, 1.807) is 0 Å². The van der Waals surface area contributed by atoms with Gasteiger partial charge in [0.1, 0.15) is 6.61 Å². The highest BCUT2D eigenvalue weighted by Gasteiger charge is 2.28. The van der Waals surface area contributed by atoms with Crippen LogP contribution in [0.5, 0.6) is 0 Å². The molecule has 0 aromatic heterocycles. The fourth-order valence-electron chi connectivity index (χ4n) is 3.06. The van der Waals surface area contributed by atoms with Crippen molar-refractivity contribution in [1.82, 2.24) is 0 Å². The topological polar surface area (TPSA) is 26.3 Å². The van der Waals surface area contributed by atoms with Crippen molar-refractivity contribution in [3.63, 3.8) is 0 Å². The molecule has 0 unspecified atom stereocenters. The number of hydrogen-bond acceptors (Lipinski definition) is 2. The third-order valence-corrected chi connectivity index (χ3v) is 4.12. The van der Waals surface area contributed by atoms with Gasteiger partial charge in [-0.2, -0.15) is 0 Å². The molecule has 0 saturated carbocycles. The van der Waals surface area contributed by atoms with E-state index in [4.69, 9.17) is 4.74 Å². The molecule has 0 aliphatic heterocycles. The molecule has 0 amide bonds. The molecule has 0 saturated heterocycles. The van der Waals surface area contributed by atoms with Gasteiger partial charge in [-0.05, 0) is 35.6 Å². The van der Waals surface area contributed by atoms with Gasteiger partial charge < -0.3 is 4.74 Å². The van der Waals surface area contributed by atoms with Crippen LogP contribution in [0.2, 0.25) is 0 Å². The maximum Gasteiger partial charge on any atom is 0.306 e. The van der Waals surface area contributed by atoms with Gasteiger partial charge in [-0.25, -0.2) is 0 Å². The van der Waals surface area contributed by atoms with Crippen LogP contribution in [0.25, 0.3) is 11.1 Å². The molecule has 0 bridgehead atoms. The highest BCUT2D eigenvalue weighted by atomic mass is 16.5. The second-order valence-electron chi connectivity index (χ2n) is 5.52. The quantitative estimate of drug-likeness (QED) is 0.590. The van der Waals surface area contributed by atoms with Crippen LogP contribution in [0.4, 0.5) is 0 Å². The summed E-state index contributed by atoms with van der Waals surface area (Å²) in [5, 5.41) is 0. The molecule has 0 radical (unpaired) electrons. The monoisotopic (exact) mass is 292 g/mol. The third-order valence-electron chi connectivity index (χ3n) is 4.12. The molecule has 0 fully saturated rings. The Morgan fingerprint density at radius 2 is 1.64 bits per heavy atom. The summed E-state index contributed by atoms with van der Waals surface area (Å²) in [4.78, 5) is 11.8. The minimum atomic E-state index is -0.125. The predicted molar refractivity (Wildman–Crippen MR) is 88.7 cm³/mol. The van der Waals surface area contributed by atoms with E-state index in [-0.39, 0.29) is 11.9 Å². The summed E-state index contributed by atoms with van der Waals surface area (Å²) in [5.74, 6) is 0.0260. The number of allylic oxidation sites excluding steroid dienone is 2. The maximum absolute atomic E-state index is 11.8. The molecule has 2 aromatic rings. The first-order valence-corrected chi connectivity index (χ1v) is 7.76. The molecule has 3 rings (SSSR count). The third kappa shape index (κ3) is 2.82. The van der Waals surface area contributed by atoms with Gasteiger partial charge in [-0.1, -0.05) is 60.7 Å². The average molecular weight is 292 g/mol. The van der Waals surface area contributed by atoms with E-state index in [1.165, 1.54) is 22.3 Å². The van der Waals surface area contributed by atoms with E-state index in [2.05, 4.69) is 36.4 Å². The van der Waals surface area contributed by atoms with Crippen molar-refractivity contribution in [1.29, 1.82) is 0 Å². The molecule has 0 N–H and O–H groups in total. The normalized spacial score (nSPS) is 13.1. The van der Waals surface area contributed by atoms with Gasteiger partial charge in [0.15, 0.2) is 0 Å². The first-order chi connectivity index (χ1) is 10.8. The van der Waals surface area contributed by atoms with E-state index in [1.807, 2.05) is 31.2 Å². The Kier molecular flexibility index (Phi) is 4.38. The lowest BCUT2D eigenvalue weighted by atomic mass is 9.98. The van der Waals surface area contributed by atoms with Gasteiger partial charge in [0.25, 0.3) is 0 Å². The van der Waals surface area contributed by atoms with Crippen LogP contribution in [0.3, 0.4) is 0 Å². The molecule has 1 aliphatic rings. The Morgan fingerprint density at radius 3 is 2.23 bits per heavy atom. The minimum absolute atomic E-state index is 0.125. The van der Waals surface area contributed by atoms with E-state index in [0.717, 1.165) is 6.42 Å². The molecule has 2 heteroatoms. The van der Waals surface area contributed by atoms with Gasteiger partial charge in [-0.3, -0.25) is 4.79 Å². The largest absolute Gasteiger partial charge is 0.465 e. The number of fused-ring (bicyclic) bond motifs is 3. The summed E-state index contributed by atoms with van der Waals surface area (Å²) in [6.45, 7) is 2.38. The van der Waals surface area contributed by atoms with Crippen LogP contribution in [0.1, 0.15) is 36.8 Å². The summed E-state index contributed by atoms with van der Waals surface area (Å²) in [6.07, 6.45) is 5.13. The summed E-state index contributed by atoms with van der Waals surface area (Å²) in [5.41, 5.74) is 5.02. The lowest BCUT2D eigenvalue weighted by Gasteiger charge is -2.14. The Labute approximate surface area is 131 Å². The van der Waals surface area contributed by atoms with E-state index in [9.17, 15) is 4.79 Å². The first kappa shape index (κ1) is 14.6. The van der Waals surface area contributed by atoms with Crippen molar-refractivity contribution in [2.24, 2.45) is 0 Å². The minimum Gasteiger partial charge on any atom is -0.465 e. The number of benzene rings is 2. The van der Waals surface area contributed by atoms with Crippen molar-refractivity contribution < 1.29 is 9.53 Å². The zero-order chi connectivity index (χ0) is 15.4. The fraction of sp³-hybridized carbons (Fsp3) is 0.250. The number of hydrogen-bond donors (Lipinski definition) is 0.